The molecule has 4 heteroatoms. The summed E-state index contributed by atoms with van der Waals surface area (Å²) < 4.78 is 17.2. The van der Waals surface area contributed by atoms with Gasteiger partial charge in [-0.2, -0.15) is 0 Å². The number of ether oxygens (including phenoxy) is 3. The third kappa shape index (κ3) is 3.87. The monoisotopic (exact) mass is 386 g/mol. The smallest absolute Gasteiger partial charge is 0.232 e. The number of methoxy groups -OCH3 is 1. The first-order chi connectivity index (χ1) is 14.0. The summed E-state index contributed by atoms with van der Waals surface area (Å²) in [4.78, 5) is 12.9. The van der Waals surface area contributed by atoms with Gasteiger partial charge in [0.15, 0.2) is 5.76 Å². The molecule has 1 aliphatic rings. The maximum atomic E-state index is 12.9. The number of hydrogen-bond acceptors (Lipinski definition) is 4. The van der Waals surface area contributed by atoms with Crippen LogP contribution in [0.4, 0.5) is 0 Å². The molecule has 0 fully saturated rings. The van der Waals surface area contributed by atoms with E-state index in [9.17, 15) is 4.79 Å². The first-order valence-electron chi connectivity index (χ1n) is 9.45. The van der Waals surface area contributed by atoms with E-state index in [1.807, 2.05) is 49.4 Å². The highest BCUT2D eigenvalue weighted by Crippen LogP contribution is 2.38. The summed E-state index contributed by atoms with van der Waals surface area (Å²) in [6.07, 6.45) is 1.72. The molecule has 1 aliphatic heterocycles. The number of benzene rings is 3. The van der Waals surface area contributed by atoms with Crippen LogP contribution in [0.1, 0.15) is 32.6 Å². The van der Waals surface area contributed by atoms with Gasteiger partial charge in [-0.1, -0.05) is 48.0 Å². The number of ketones is 1. The van der Waals surface area contributed by atoms with Gasteiger partial charge in [-0.15, -0.1) is 0 Å². The molecule has 1 heterocycles. The van der Waals surface area contributed by atoms with E-state index in [-0.39, 0.29) is 11.5 Å². The molecule has 146 valence electrons. The molecular weight excluding hydrogens is 364 g/mol. The summed E-state index contributed by atoms with van der Waals surface area (Å²) in [7, 11) is 1.60. The van der Waals surface area contributed by atoms with E-state index in [4.69, 9.17) is 14.2 Å². The first-order valence-corrected chi connectivity index (χ1v) is 9.45. The fourth-order valence-electron chi connectivity index (χ4n) is 3.34. The van der Waals surface area contributed by atoms with Crippen molar-refractivity contribution in [3.8, 4) is 17.2 Å². The highest BCUT2D eigenvalue weighted by Gasteiger charge is 2.30. The molecule has 4 nitrogen and oxygen atoms in total. The Morgan fingerprint density at radius 1 is 1.00 bits per heavy atom. The lowest BCUT2D eigenvalue weighted by Crippen LogP contribution is -2.00. The molecule has 0 saturated heterocycles. The first kappa shape index (κ1) is 18.8. The molecule has 0 spiro atoms. The van der Waals surface area contributed by atoms with Gasteiger partial charge in [-0.3, -0.25) is 4.79 Å². The Morgan fingerprint density at radius 2 is 1.76 bits per heavy atom. The van der Waals surface area contributed by atoms with Gasteiger partial charge >= 0.3 is 0 Å². The van der Waals surface area contributed by atoms with E-state index in [2.05, 4.69) is 19.1 Å². The Hall–Kier alpha value is -3.53. The van der Waals surface area contributed by atoms with Gasteiger partial charge in [-0.05, 0) is 43.2 Å². The van der Waals surface area contributed by atoms with Crippen molar-refractivity contribution >= 4 is 11.9 Å². The lowest BCUT2D eigenvalue weighted by Gasteiger charge is -2.09. The Morgan fingerprint density at radius 3 is 2.52 bits per heavy atom. The minimum absolute atomic E-state index is 0.131. The normalized spacial score (nSPS) is 13.9. The molecule has 0 N–H and O–H groups in total. The van der Waals surface area contributed by atoms with Crippen molar-refractivity contribution in [2.24, 2.45) is 0 Å². The van der Waals surface area contributed by atoms with Gasteiger partial charge in [0.05, 0.1) is 12.7 Å². The third-order valence-corrected chi connectivity index (χ3v) is 4.90. The summed E-state index contributed by atoms with van der Waals surface area (Å²) in [5, 5.41) is 0. The van der Waals surface area contributed by atoms with Crippen LogP contribution in [0.2, 0.25) is 0 Å². The molecule has 4 rings (SSSR count). The zero-order valence-electron chi connectivity index (χ0n) is 16.7. The Bertz CT molecular complexity index is 1090. The fourth-order valence-corrected chi connectivity index (χ4v) is 3.34. The SMILES string of the molecule is COc1ccccc1/C=C1\Oc2cc(OCc3ccc(C)cc3)cc(C)c2C1=O. The molecule has 0 atom stereocenters. The maximum absolute atomic E-state index is 12.9. The van der Waals surface area contributed by atoms with Crippen molar-refractivity contribution in [1.29, 1.82) is 0 Å². The molecule has 0 amide bonds. The second-order valence-electron chi connectivity index (χ2n) is 7.07. The molecule has 0 radical (unpaired) electrons. The summed E-state index contributed by atoms with van der Waals surface area (Å²) in [6, 6.07) is 19.4. The van der Waals surface area contributed by atoms with Crippen molar-refractivity contribution in [2.45, 2.75) is 20.5 Å². The number of hydrogen-bond donors (Lipinski definition) is 0. The van der Waals surface area contributed by atoms with E-state index in [1.54, 1.807) is 19.3 Å². The van der Waals surface area contributed by atoms with Gasteiger partial charge in [-0.25, -0.2) is 0 Å². The van der Waals surface area contributed by atoms with E-state index in [0.717, 1.165) is 16.7 Å². The van der Waals surface area contributed by atoms with Gasteiger partial charge in [0.1, 0.15) is 23.9 Å². The van der Waals surface area contributed by atoms with Gasteiger partial charge in [0.2, 0.25) is 5.78 Å². The van der Waals surface area contributed by atoms with E-state index < -0.39 is 0 Å². The van der Waals surface area contributed by atoms with E-state index in [1.165, 1.54) is 5.56 Å². The lowest BCUT2D eigenvalue weighted by molar-refractivity contribution is 0.101. The predicted molar refractivity (Wildman–Crippen MR) is 113 cm³/mol. The van der Waals surface area contributed by atoms with Crippen LogP contribution in [-0.4, -0.2) is 12.9 Å². The number of para-hydroxylation sites is 1. The van der Waals surface area contributed by atoms with Crippen molar-refractivity contribution in [1.82, 2.24) is 0 Å². The molecule has 0 aromatic heterocycles. The van der Waals surface area contributed by atoms with E-state index >= 15 is 0 Å². The van der Waals surface area contributed by atoms with Crippen LogP contribution < -0.4 is 14.2 Å². The number of allylic oxidation sites excluding steroid dienone is 1. The molecule has 0 unspecified atom stereocenters. The summed E-state index contributed by atoms with van der Waals surface area (Å²) in [5.41, 5.74) is 4.49. The average molecular weight is 386 g/mol. The molecule has 0 aliphatic carbocycles. The minimum Gasteiger partial charge on any atom is -0.496 e. The van der Waals surface area contributed by atoms with Crippen LogP contribution in [-0.2, 0) is 6.61 Å². The van der Waals surface area contributed by atoms with Gasteiger partial charge < -0.3 is 14.2 Å². The zero-order chi connectivity index (χ0) is 20.4. The average Bonchev–Trinajstić information content (AvgIpc) is 3.03. The fraction of sp³-hybridized carbons (Fsp3) is 0.160. The number of Topliss-reactive ketones (excluding diaryl/α,β-unsaturated/α-hetero) is 1. The van der Waals surface area contributed by atoms with Crippen LogP contribution in [0.25, 0.3) is 6.08 Å². The number of rotatable bonds is 5. The minimum atomic E-state index is -0.131. The second-order valence-corrected chi connectivity index (χ2v) is 7.07. The molecular formula is C25H22O4. The summed E-state index contributed by atoms with van der Waals surface area (Å²) in [6.45, 7) is 4.40. The van der Waals surface area contributed by atoms with Crippen LogP contribution >= 0.6 is 0 Å². The zero-order valence-corrected chi connectivity index (χ0v) is 16.7. The highest BCUT2D eigenvalue weighted by atomic mass is 16.5. The van der Waals surface area contributed by atoms with Crippen LogP contribution in [0.3, 0.4) is 0 Å². The lowest BCUT2D eigenvalue weighted by atomic mass is 10.0. The van der Waals surface area contributed by atoms with E-state index in [0.29, 0.717) is 29.4 Å². The Labute approximate surface area is 170 Å². The van der Waals surface area contributed by atoms with Crippen LogP contribution in [0.5, 0.6) is 17.2 Å². The largest absolute Gasteiger partial charge is 0.496 e. The van der Waals surface area contributed by atoms with Crippen LogP contribution in [0.15, 0.2) is 66.4 Å². The predicted octanol–water partition coefficient (Wildman–Crippen LogP) is 5.51. The van der Waals surface area contributed by atoms with Gasteiger partial charge in [0, 0.05) is 11.6 Å². The number of carbonyl (C=O) groups excluding carboxylic acids is 1. The topological polar surface area (TPSA) is 44.8 Å². The number of aryl methyl sites for hydroxylation is 2. The quantitative estimate of drug-likeness (QED) is 0.543. The summed E-state index contributed by atoms with van der Waals surface area (Å²) >= 11 is 0. The van der Waals surface area contributed by atoms with Crippen molar-refractivity contribution in [2.75, 3.05) is 7.11 Å². The second kappa shape index (κ2) is 7.84. The van der Waals surface area contributed by atoms with Crippen molar-refractivity contribution < 1.29 is 19.0 Å². The summed E-state index contributed by atoms with van der Waals surface area (Å²) in [5.74, 6) is 2.03. The Kier molecular flexibility index (Phi) is 5.09. The molecule has 3 aromatic rings. The van der Waals surface area contributed by atoms with Crippen molar-refractivity contribution in [3.05, 3.63) is 94.2 Å². The third-order valence-electron chi connectivity index (χ3n) is 4.90. The van der Waals surface area contributed by atoms with Gasteiger partial charge in [0.25, 0.3) is 0 Å². The number of fused-ring (bicyclic) bond motifs is 1. The molecule has 29 heavy (non-hydrogen) atoms. The Balaban J connectivity index is 1.58. The maximum Gasteiger partial charge on any atom is 0.232 e. The molecule has 0 saturated carbocycles. The molecule has 0 bridgehead atoms. The molecule has 3 aromatic carbocycles. The standard InChI is InChI=1S/C25H22O4/c1-16-8-10-18(11-9-16)15-28-20-12-17(2)24-22(14-20)29-23(25(24)26)13-19-6-4-5-7-21(19)27-3/h4-14H,15H2,1-3H3/b23-13-. The number of carbonyl (C=O) groups is 1. The highest BCUT2D eigenvalue weighted by molar-refractivity contribution is 6.15. The van der Waals surface area contributed by atoms with Crippen molar-refractivity contribution in [3.63, 3.8) is 0 Å². The van der Waals surface area contributed by atoms with Crippen LogP contribution in [0, 0.1) is 13.8 Å².